The Balaban J connectivity index is 1.87. The van der Waals surface area contributed by atoms with E-state index in [-0.39, 0.29) is 11.9 Å². The summed E-state index contributed by atoms with van der Waals surface area (Å²) in [5.41, 5.74) is 5.96. The molecule has 0 unspecified atom stereocenters. The Morgan fingerprint density at radius 3 is 2.45 bits per heavy atom. The maximum atomic E-state index is 13.3. The minimum atomic E-state index is -0.170. The van der Waals surface area contributed by atoms with Crippen LogP contribution in [0.25, 0.3) is 22.2 Å². The Labute approximate surface area is 191 Å². The Morgan fingerprint density at radius 2 is 1.68 bits per heavy atom. The normalized spacial score (nSPS) is 15.7. The topological polar surface area (TPSA) is 25.2 Å². The zero-order chi connectivity index (χ0) is 21.7. The van der Waals surface area contributed by atoms with Crippen LogP contribution in [-0.2, 0) is 7.05 Å². The maximum Gasteiger partial charge on any atom is 0.255 e. The summed E-state index contributed by atoms with van der Waals surface area (Å²) in [6.45, 7) is 2.79. The molecule has 156 valence electrons. The standard InChI is InChI=1S/C26H22Cl2N2O/c1-3-14-30-25(17-8-4-5-9-18(17)26(30)31)23-20-10-6-7-11-22(20)29(2)24(23)19-13-12-16(27)15-21(19)28/h4-13,15,25H,3,14H2,1-2H3/t25-/m1/s1. The molecule has 1 aromatic heterocycles. The molecule has 2 heterocycles. The number of aromatic nitrogens is 1. The molecular weight excluding hydrogens is 427 g/mol. The Morgan fingerprint density at radius 1 is 0.935 bits per heavy atom. The first-order valence-electron chi connectivity index (χ1n) is 10.5. The van der Waals surface area contributed by atoms with E-state index in [0.29, 0.717) is 16.6 Å². The molecule has 1 aliphatic heterocycles. The van der Waals surface area contributed by atoms with Gasteiger partial charge in [-0.3, -0.25) is 4.79 Å². The number of halogens is 2. The molecular formula is C26H22Cl2N2O. The number of fused-ring (bicyclic) bond motifs is 2. The third-order valence-electron chi connectivity index (χ3n) is 6.13. The lowest BCUT2D eigenvalue weighted by Gasteiger charge is -2.26. The van der Waals surface area contributed by atoms with E-state index >= 15 is 0 Å². The number of hydrogen-bond acceptors (Lipinski definition) is 1. The van der Waals surface area contributed by atoms with Crippen LogP contribution in [0.4, 0.5) is 0 Å². The number of carbonyl (C=O) groups excluding carboxylic acids is 1. The van der Waals surface area contributed by atoms with E-state index in [0.717, 1.165) is 45.3 Å². The second kappa shape index (κ2) is 7.74. The van der Waals surface area contributed by atoms with Crippen molar-refractivity contribution in [3.05, 3.63) is 93.5 Å². The van der Waals surface area contributed by atoms with Gasteiger partial charge in [-0.25, -0.2) is 0 Å². The third-order valence-corrected chi connectivity index (χ3v) is 6.68. The molecule has 0 N–H and O–H groups in total. The summed E-state index contributed by atoms with van der Waals surface area (Å²) < 4.78 is 2.18. The highest BCUT2D eigenvalue weighted by atomic mass is 35.5. The molecule has 3 nitrogen and oxygen atoms in total. The van der Waals surface area contributed by atoms with Crippen LogP contribution in [0.1, 0.15) is 40.9 Å². The van der Waals surface area contributed by atoms with Gasteiger partial charge >= 0.3 is 0 Å². The molecule has 1 atom stereocenters. The average molecular weight is 449 g/mol. The van der Waals surface area contributed by atoms with E-state index in [1.165, 1.54) is 0 Å². The van der Waals surface area contributed by atoms with Crippen LogP contribution in [-0.4, -0.2) is 21.9 Å². The number of benzene rings is 3. The number of para-hydroxylation sites is 1. The van der Waals surface area contributed by atoms with Gasteiger partial charge in [-0.05, 0) is 42.3 Å². The monoisotopic (exact) mass is 448 g/mol. The van der Waals surface area contributed by atoms with Gasteiger partial charge < -0.3 is 9.47 Å². The zero-order valence-corrected chi connectivity index (χ0v) is 18.9. The van der Waals surface area contributed by atoms with Gasteiger partial charge in [0.05, 0.1) is 16.8 Å². The quantitative estimate of drug-likeness (QED) is 0.326. The largest absolute Gasteiger partial charge is 0.343 e. The Hall–Kier alpha value is -2.75. The van der Waals surface area contributed by atoms with Gasteiger partial charge in [-0.2, -0.15) is 0 Å². The van der Waals surface area contributed by atoms with Crippen molar-refractivity contribution < 1.29 is 4.79 Å². The highest BCUT2D eigenvalue weighted by Crippen LogP contribution is 2.47. The van der Waals surface area contributed by atoms with Gasteiger partial charge in [-0.1, -0.05) is 66.5 Å². The third kappa shape index (κ3) is 3.07. The number of carbonyl (C=O) groups is 1. The lowest BCUT2D eigenvalue weighted by molar-refractivity contribution is 0.0751. The van der Waals surface area contributed by atoms with Crippen LogP contribution in [0.15, 0.2) is 66.7 Å². The number of aryl methyl sites for hydroxylation is 1. The minimum absolute atomic E-state index is 0.0866. The maximum absolute atomic E-state index is 13.3. The van der Waals surface area contributed by atoms with E-state index < -0.39 is 0 Å². The van der Waals surface area contributed by atoms with E-state index in [1.807, 2.05) is 47.4 Å². The van der Waals surface area contributed by atoms with Crippen LogP contribution in [0.5, 0.6) is 0 Å². The molecule has 4 aromatic rings. The zero-order valence-electron chi connectivity index (χ0n) is 17.4. The lowest BCUT2D eigenvalue weighted by atomic mass is 9.93. The van der Waals surface area contributed by atoms with Crippen LogP contribution >= 0.6 is 23.2 Å². The average Bonchev–Trinajstić information content (AvgIpc) is 3.20. The van der Waals surface area contributed by atoms with E-state index in [4.69, 9.17) is 23.2 Å². The molecule has 5 heteroatoms. The molecule has 0 aliphatic carbocycles. The first-order chi connectivity index (χ1) is 15.0. The van der Waals surface area contributed by atoms with Gasteiger partial charge in [0.15, 0.2) is 0 Å². The summed E-state index contributed by atoms with van der Waals surface area (Å²) in [5.74, 6) is 0.0866. The first-order valence-corrected chi connectivity index (χ1v) is 11.2. The number of rotatable bonds is 4. The van der Waals surface area contributed by atoms with Crippen molar-refractivity contribution in [2.24, 2.45) is 7.05 Å². The van der Waals surface area contributed by atoms with Gasteiger partial charge in [-0.15, -0.1) is 0 Å². The number of nitrogens with zero attached hydrogens (tertiary/aromatic N) is 2. The molecule has 0 saturated heterocycles. The SMILES string of the molecule is CCCN1C(=O)c2ccccc2[C@@H]1c1c(-c2ccc(Cl)cc2Cl)n(C)c2ccccc12. The lowest BCUT2D eigenvalue weighted by Crippen LogP contribution is -2.29. The smallest absolute Gasteiger partial charge is 0.255 e. The van der Waals surface area contributed by atoms with Gasteiger partial charge in [0.2, 0.25) is 0 Å². The molecule has 0 spiro atoms. The first kappa shape index (κ1) is 20.2. The van der Waals surface area contributed by atoms with Crippen LogP contribution in [0, 0.1) is 0 Å². The second-order valence-corrected chi connectivity index (χ2v) is 8.79. The molecule has 5 rings (SSSR count). The predicted molar refractivity (Wildman–Crippen MR) is 128 cm³/mol. The second-order valence-electron chi connectivity index (χ2n) is 7.95. The summed E-state index contributed by atoms with van der Waals surface area (Å²) in [5, 5.41) is 2.32. The van der Waals surface area contributed by atoms with Crippen molar-refractivity contribution in [2.75, 3.05) is 6.54 Å². The summed E-state index contributed by atoms with van der Waals surface area (Å²) in [6.07, 6.45) is 0.887. The summed E-state index contributed by atoms with van der Waals surface area (Å²) in [4.78, 5) is 15.3. The van der Waals surface area contributed by atoms with E-state index in [9.17, 15) is 4.79 Å². The predicted octanol–water partition coefficient (Wildman–Crippen LogP) is 7.11. The van der Waals surface area contributed by atoms with Crippen LogP contribution < -0.4 is 0 Å². The number of hydrogen-bond donors (Lipinski definition) is 0. The van der Waals surface area contributed by atoms with E-state index in [2.05, 4.69) is 36.7 Å². The van der Waals surface area contributed by atoms with Crippen molar-refractivity contribution in [3.8, 4) is 11.3 Å². The van der Waals surface area contributed by atoms with Crippen LogP contribution in [0.3, 0.4) is 0 Å². The molecule has 1 amide bonds. The van der Waals surface area contributed by atoms with Crippen LogP contribution in [0.2, 0.25) is 10.0 Å². The van der Waals surface area contributed by atoms with E-state index in [1.54, 1.807) is 6.07 Å². The fourth-order valence-corrected chi connectivity index (χ4v) is 5.36. The van der Waals surface area contributed by atoms with Gasteiger partial charge in [0.25, 0.3) is 5.91 Å². The van der Waals surface area contributed by atoms with Crippen molar-refractivity contribution in [3.63, 3.8) is 0 Å². The fourth-order valence-electron chi connectivity index (χ4n) is 4.86. The summed E-state index contributed by atoms with van der Waals surface area (Å²) in [6, 6.07) is 21.7. The van der Waals surface area contributed by atoms with Gasteiger partial charge in [0.1, 0.15) is 0 Å². The van der Waals surface area contributed by atoms with Crippen molar-refractivity contribution in [1.82, 2.24) is 9.47 Å². The molecule has 1 aliphatic rings. The molecule has 0 radical (unpaired) electrons. The summed E-state index contributed by atoms with van der Waals surface area (Å²) in [7, 11) is 2.05. The molecule has 0 fully saturated rings. The van der Waals surface area contributed by atoms with Gasteiger partial charge in [0, 0.05) is 46.2 Å². The highest BCUT2D eigenvalue weighted by molar-refractivity contribution is 6.36. The highest BCUT2D eigenvalue weighted by Gasteiger charge is 2.40. The Kier molecular flexibility index (Phi) is 5.04. The minimum Gasteiger partial charge on any atom is -0.343 e. The molecule has 31 heavy (non-hydrogen) atoms. The summed E-state index contributed by atoms with van der Waals surface area (Å²) >= 11 is 12.9. The fraction of sp³-hybridized carbons (Fsp3) is 0.192. The molecule has 0 saturated carbocycles. The van der Waals surface area contributed by atoms with Crippen molar-refractivity contribution >= 4 is 40.0 Å². The van der Waals surface area contributed by atoms with Crippen molar-refractivity contribution in [1.29, 1.82) is 0 Å². The molecule has 3 aromatic carbocycles. The number of amides is 1. The Bertz CT molecular complexity index is 1320. The van der Waals surface area contributed by atoms with Crippen molar-refractivity contribution in [2.45, 2.75) is 19.4 Å². The molecule has 0 bridgehead atoms.